The van der Waals surface area contributed by atoms with E-state index in [1.165, 1.54) is 6.20 Å². The monoisotopic (exact) mass is 210 g/mol. The minimum absolute atomic E-state index is 0.429. The lowest BCUT2D eigenvalue weighted by molar-refractivity contribution is 0.112. The quantitative estimate of drug-likeness (QED) is 0.736. The molecule has 1 aromatic rings. The molecule has 1 aliphatic heterocycles. The van der Waals surface area contributed by atoms with Crippen molar-refractivity contribution in [2.75, 3.05) is 11.7 Å². The van der Waals surface area contributed by atoms with Crippen molar-refractivity contribution >= 4 is 30.0 Å². The van der Waals surface area contributed by atoms with Crippen LogP contribution in [0.25, 0.3) is 0 Å². The van der Waals surface area contributed by atoms with Crippen LogP contribution < -0.4 is 10.4 Å². The van der Waals surface area contributed by atoms with Gasteiger partial charge in [-0.3, -0.25) is 9.79 Å². The van der Waals surface area contributed by atoms with E-state index in [2.05, 4.69) is 15.4 Å². The summed E-state index contributed by atoms with van der Waals surface area (Å²) in [6.45, 7) is 0.489. The molecule has 0 saturated heterocycles. The second-order valence-corrected chi connectivity index (χ2v) is 3.10. The molecule has 0 radical (unpaired) electrons. The molecule has 1 aromatic heterocycles. The molecule has 0 atom stereocenters. The molecule has 5 nitrogen and oxygen atoms in total. The Morgan fingerprint density at radius 2 is 2.50 bits per heavy atom. The first-order chi connectivity index (χ1) is 6.81. The Kier molecular flexibility index (Phi) is 2.43. The Balaban J connectivity index is 2.41. The molecule has 6 heteroatoms. The summed E-state index contributed by atoms with van der Waals surface area (Å²) >= 11 is 5.71. The molecule has 2 rings (SSSR count). The molecule has 0 amide bonds. The van der Waals surface area contributed by atoms with E-state index in [1.54, 1.807) is 17.4 Å². The molecule has 0 aliphatic carbocycles. The standard InChI is InChI=1S/C8H7ClN4O/c9-7-1-6(3-14)8(11-2-7)13-5-10-4-12-13/h1-3,5,12H,4H2. The van der Waals surface area contributed by atoms with Gasteiger partial charge in [0.05, 0.1) is 10.6 Å². The van der Waals surface area contributed by atoms with E-state index in [-0.39, 0.29) is 0 Å². The molecular formula is C8H7ClN4O. The number of anilines is 1. The van der Waals surface area contributed by atoms with Crippen molar-refractivity contribution in [2.45, 2.75) is 0 Å². The minimum Gasteiger partial charge on any atom is -0.298 e. The molecule has 1 aliphatic rings. The van der Waals surface area contributed by atoms with Crippen LogP contribution in [0.4, 0.5) is 5.82 Å². The Hall–Kier alpha value is -1.46. The largest absolute Gasteiger partial charge is 0.298 e. The van der Waals surface area contributed by atoms with Crippen LogP contribution in [0.1, 0.15) is 10.4 Å². The molecule has 0 fully saturated rings. The number of carbonyl (C=O) groups excluding carboxylic acids is 1. The number of pyridine rings is 1. The SMILES string of the molecule is O=Cc1cc(Cl)cnc1N1C=NCN1. The Morgan fingerprint density at radius 3 is 3.14 bits per heavy atom. The third-order valence-corrected chi connectivity index (χ3v) is 1.95. The van der Waals surface area contributed by atoms with Gasteiger partial charge in [-0.25, -0.2) is 15.4 Å². The van der Waals surface area contributed by atoms with E-state index in [1.807, 2.05) is 0 Å². The first-order valence-corrected chi connectivity index (χ1v) is 4.32. The normalized spacial score (nSPS) is 14.8. The van der Waals surface area contributed by atoms with Crippen LogP contribution in [0.3, 0.4) is 0 Å². The average molecular weight is 211 g/mol. The van der Waals surface area contributed by atoms with Gasteiger partial charge in [0.2, 0.25) is 0 Å². The minimum atomic E-state index is 0.429. The number of hydrogen-bond donors (Lipinski definition) is 1. The van der Waals surface area contributed by atoms with Crippen LogP contribution in [0.2, 0.25) is 5.02 Å². The van der Waals surface area contributed by atoms with Crippen molar-refractivity contribution in [3.05, 3.63) is 22.8 Å². The van der Waals surface area contributed by atoms with Crippen molar-refractivity contribution in [1.82, 2.24) is 10.4 Å². The smallest absolute Gasteiger partial charge is 0.159 e. The number of carbonyl (C=O) groups is 1. The molecule has 1 N–H and O–H groups in total. The molecule has 14 heavy (non-hydrogen) atoms. The van der Waals surface area contributed by atoms with E-state index in [0.29, 0.717) is 29.4 Å². The van der Waals surface area contributed by atoms with Gasteiger partial charge in [-0.1, -0.05) is 11.6 Å². The highest BCUT2D eigenvalue weighted by Crippen LogP contribution is 2.18. The number of aromatic nitrogens is 1. The lowest BCUT2D eigenvalue weighted by atomic mass is 10.3. The molecule has 72 valence electrons. The van der Waals surface area contributed by atoms with E-state index in [4.69, 9.17) is 11.6 Å². The molecule has 0 unspecified atom stereocenters. The highest BCUT2D eigenvalue weighted by atomic mass is 35.5. The Morgan fingerprint density at radius 1 is 1.64 bits per heavy atom. The van der Waals surface area contributed by atoms with Crippen LogP contribution in [0.15, 0.2) is 17.3 Å². The van der Waals surface area contributed by atoms with E-state index >= 15 is 0 Å². The molecular weight excluding hydrogens is 204 g/mol. The maximum Gasteiger partial charge on any atom is 0.159 e. The third-order valence-electron chi connectivity index (χ3n) is 1.75. The Bertz CT molecular complexity index is 393. The molecule has 0 spiro atoms. The number of rotatable bonds is 2. The zero-order valence-corrected chi connectivity index (χ0v) is 7.90. The zero-order chi connectivity index (χ0) is 9.97. The lowest BCUT2D eigenvalue weighted by Gasteiger charge is -2.14. The van der Waals surface area contributed by atoms with Crippen LogP contribution in [-0.2, 0) is 0 Å². The van der Waals surface area contributed by atoms with Gasteiger partial charge >= 0.3 is 0 Å². The summed E-state index contributed by atoms with van der Waals surface area (Å²) in [6.07, 6.45) is 3.77. The second kappa shape index (κ2) is 3.73. The van der Waals surface area contributed by atoms with Crippen LogP contribution in [-0.4, -0.2) is 24.3 Å². The number of aliphatic imine (C=N–C) groups is 1. The first-order valence-electron chi connectivity index (χ1n) is 3.94. The summed E-state index contributed by atoms with van der Waals surface area (Å²) in [5.74, 6) is 0.505. The van der Waals surface area contributed by atoms with Gasteiger partial charge in [0.15, 0.2) is 12.1 Å². The van der Waals surface area contributed by atoms with Crippen molar-refractivity contribution in [2.24, 2.45) is 4.99 Å². The van der Waals surface area contributed by atoms with Gasteiger partial charge in [0.1, 0.15) is 13.0 Å². The fourth-order valence-corrected chi connectivity index (χ4v) is 1.31. The van der Waals surface area contributed by atoms with Crippen molar-refractivity contribution in [3.8, 4) is 0 Å². The van der Waals surface area contributed by atoms with Gasteiger partial charge in [-0.15, -0.1) is 0 Å². The van der Waals surface area contributed by atoms with Gasteiger partial charge in [-0.05, 0) is 6.07 Å². The van der Waals surface area contributed by atoms with E-state index < -0.39 is 0 Å². The highest BCUT2D eigenvalue weighted by molar-refractivity contribution is 6.30. The predicted octanol–water partition coefficient (Wildman–Crippen LogP) is 0.858. The fourth-order valence-electron chi connectivity index (χ4n) is 1.15. The molecule has 0 aromatic carbocycles. The summed E-state index contributed by atoms with van der Waals surface area (Å²) in [7, 11) is 0. The zero-order valence-electron chi connectivity index (χ0n) is 7.14. The summed E-state index contributed by atoms with van der Waals surface area (Å²) in [5.41, 5.74) is 3.34. The topological polar surface area (TPSA) is 57.6 Å². The maximum atomic E-state index is 10.7. The molecule has 0 saturated carbocycles. The molecule has 2 heterocycles. The van der Waals surface area contributed by atoms with Gasteiger partial charge in [0, 0.05) is 6.20 Å². The van der Waals surface area contributed by atoms with Crippen LogP contribution >= 0.6 is 11.6 Å². The van der Waals surface area contributed by atoms with E-state index in [0.717, 1.165) is 0 Å². The summed E-state index contributed by atoms with van der Waals surface area (Å²) in [4.78, 5) is 18.7. The summed E-state index contributed by atoms with van der Waals surface area (Å²) in [6, 6.07) is 1.56. The van der Waals surface area contributed by atoms with Gasteiger partial charge in [0.25, 0.3) is 0 Å². The average Bonchev–Trinajstić information content (AvgIpc) is 2.70. The number of nitrogens with zero attached hydrogens (tertiary/aromatic N) is 3. The fraction of sp³-hybridized carbons (Fsp3) is 0.125. The van der Waals surface area contributed by atoms with Crippen molar-refractivity contribution < 1.29 is 4.79 Å². The second-order valence-electron chi connectivity index (χ2n) is 2.67. The van der Waals surface area contributed by atoms with Gasteiger partial charge < -0.3 is 0 Å². The number of hydrazine groups is 1. The number of nitrogens with one attached hydrogen (secondary N) is 1. The number of aldehydes is 1. The van der Waals surface area contributed by atoms with Gasteiger partial charge in [-0.2, -0.15) is 0 Å². The van der Waals surface area contributed by atoms with Crippen LogP contribution in [0.5, 0.6) is 0 Å². The number of halogens is 1. The van der Waals surface area contributed by atoms with E-state index in [9.17, 15) is 4.79 Å². The highest BCUT2D eigenvalue weighted by Gasteiger charge is 2.13. The third kappa shape index (κ3) is 1.59. The molecule has 0 bridgehead atoms. The number of hydrogen-bond acceptors (Lipinski definition) is 5. The lowest BCUT2D eigenvalue weighted by Crippen LogP contribution is -2.32. The first kappa shape index (κ1) is 9.11. The Labute approximate surface area is 85.4 Å². The summed E-state index contributed by atoms with van der Waals surface area (Å²) in [5, 5.41) is 2.02. The predicted molar refractivity (Wildman–Crippen MR) is 53.6 cm³/mol. The maximum absolute atomic E-state index is 10.7. The van der Waals surface area contributed by atoms with Crippen molar-refractivity contribution in [1.29, 1.82) is 0 Å². The van der Waals surface area contributed by atoms with Crippen molar-refractivity contribution in [3.63, 3.8) is 0 Å². The summed E-state index contributed by atoms with van der Waals surface area (Å²) < 4.78 is 0. The van der Waals surface area contributed by atoms with Crippen LogP contribution in [0, 0.1) is 0 Å².